The average molecular weight is 364 g/mol. The zero-order valence-corrected chi connectivity index (χ0v) is 16.3. The Labute approximate surface area is 161 Å². The lowest BCUT2D eigenvalue weighted by molar-refractivity contribution is -0.150. The van der Waals surface area contributed by atoms with Gasteiger partial charge in [-0.1, -0.05) is 67.6 Å². The Hall–Kier alpha value is -2.62. The molecule has 1 heterocycles. The maximum Gasteiger partial charge on any atom is 0.242 e. The standard InChI is InChI=1S/C23H28N2O2/c1-4-21(26)25-16-22(27)24(17(2)3)15-20(25)23(18-11-7-5-8-12-18)19-13-9-6-10-14-19/h5-14,17,20,23H,4,15-16H2,1-3H3/t20-/m1/s1. The van der Waals surface area contributed by atoms with Gasteiger partial charge in [-0.2, -0.15) is 0 Å². The number of benzene rings is 2. The summed E-state index contributed by atoms with van der Waals surface area (Å²) in [6.07, 6.45) is 0.405. The molecule has 0 spiro atoms. The van der Waals surface area contributed by atoms with E-state index in [2.05, 4.69) is 24.3 Å². The molecule has 142 valence electrons. The van der Waals surface area contributed by atoms with Gasteiger partial charge in [0.05, 0.1) is 6.04 Å². The lowest BCUT2D eigenvalue weighted by atomic mass is 9.82. The van der Waals surface area contributed by atoms with Gasteiger partial charge in [-0.15, -0.1) is 0 Å². The molecule has 0 N–H and O–H groups in total. The molecule has 0 radical (unpaired) electrons. The minimum absolute atomic E-state index is 0.0252. The van der Waals surface area contributed by atoms with Crippen LogP contribution in [0.3, 0.4) is 0 Å². The highest BCUT2D eigenvalue weighted by Crippen LogP contribution is 2.34. The number of amides is 2. The fraction of sp³-hybridized carbons (Fsp3) is 0.391. The van der Waals surface area contributed by atoms with Gasteiger partial charge in [0.2, 0.25) is 11.8 Å². The minimum atomic E-state index is -0.0812. The number of nitrogens with zero attached hydrogens (tertiary/aromatic N) is 2. The van der Waals surface area contributed by atoms with Crippen molar-refractivity contribution < 1.29 is 9.59 Å². The maximum atomic E-state index is 12.7. The summed E-state index contributed by atoms with van der Waals surface area (Å²) in [5.41, 5.74) is 2.33. The zero-order chi connectivity index (χ0) is 19.4. The normalized spacial score (nSPS) is 17.7. The molecule has 1 aliphatic heterocycles. The summed E-state index contributed by atoms with van der Waals surface area (Å²) in [6.45, 7) is 6.64. The fourth-order valence-electron chi connectivity index (χ4n) is 3.97. The highest BCUT2D eigenvalue weighted by atomic mass is 16.2. The first-order valence-electron chi connectivity index (χ1n) is 9.71. The molecule has 0 unspecified atom stereocenters. The summed E-state index contributed by atoms with van der Waals surface area (Å²) in [6, 6.07) is 20.6. The summed E-state index contributed by atoms with van der Waals surface area (Å²) in [7, 11) is 0. The Bertz CT molecular complexity index is 734. The van der Waals surface area contributed by atoms with Crippen LogP contribution in [0.25, 0.3) is 0 Å². The zero-order valence-electron chi connectivity index (χ0n) is 16.3. The number of carbonyl (C=O) groups is 2. The molecule has 0 aliphatic carbocycles. The van der Waals surface area contributed by atoms with Crippen molar-refractivity contribution in [2.75, 3.05) is 13.1 Å². The van der Waals surface area contributed by atoms with Gasteiger partial charge in [0.15, 0.2) is 0 Å². The van der Waals surface area contributed by atoms with Crippen molar-refractivity contribution in [2.24, 2.45) is 0 Å². The van der Waals surface area contributed by atoms with Crippen molar-refractivity contribution in [1.29, 1.82) is 0 Å². The van der Waals surface area contributed by atoms with Gasteiger partial charge in [0.1, 0.15) is 6.54 Å². The van der Waals surface area contributed by atoms with Crippen LogP contribution in [0.4, 0.5) is 0 Å². The van der Waals surface area contributed by atoms with Crippen LogP contribution in [0.5, 0.6) is 0 Å². The molecular formula is C23H28N2O2. The van der Waals surface area contributed by atoms with E-state index in [-0.39, 0.29) is 36.4 Å². The van der Waals surface area contributed by atoms with Crippen LogP contribution in [0.1, 0.15) is 44.2 Å². The first-order chi connectivity index (χ1) is 13.0. The molecule has 27 heavy (non-hydrogen) atoms. The van der Waals surface area contributed by atoms with E-state index in [1.54, 1.807) is 4.90 Å². The number of piperazine rings is 1. The molecule has 2 aromatic carbocycles. The maximum absolute atomic E-state index is 12.7. The Morgan fingerprint density at radius 3 is 1.96 bits per heavy atom. The van der Waals surface area contributed by atoms with Crippen LogP contribution < -0.4 is 0 Å². The molecular weight excluding hydrogens is 336 g/mol. The molecule has 0 saturated carbocycles. The Balaban J connectivity index is 2.08. The quantitative estimate of drug-likeness (QED) is 0.812. The minimum Gasteiger partial charge on any atom is -0.337 e. The van der Waals surface area contributed by atoms with Gasteiger partial charge < -0.3 is 9.80 Å². The highest BCUT2D eigenvalue weighted by molar-refractivity contribution is 5.86. The molecule has 4 nitrogen and oxygen atoms in total. The van der Waals surface area contributed by atoms with Gasteiger partial charge in [-0.25, -0.2) is 0 Å². The SMILES string of the molecule is CCC(=O)N1CC(=O)N(C(C)C)C[C@@H]1C(c1ccccc1)c1ccccc1. The van der Waals surface area contributed by atoms with Crippen LogP contribution in [0.2, 0.25) is 0 Å². The largest absolute Gasteiger partial charge is 0.337 e. The first-order valence-corrected chi connectivity index (χ1v) is 9.71. The molecule has 2 aromatic rings. The van der Waals surface area contributed by atoms with Crippen LogP contribution in [0.15, 0.2) is 60.7 Å². The first kappa shape index (κ1) is 19.2. The Morgan fingerprint density at radius 2 is 1.52 bits per heavy atom. The Kier molecular flexibility index (Phi) is 5.94. The average Bonchev–Trinajstić information content (AvgIpc) is 2.69. The van der Waals surface area contributed by atoms with E-state index in [4.69, 9.17) is 0 Å². The van der Waals surface area contributed by atoms with E-state index < -0.39 is 0 Å². The third-order valence-corrected chi connectivity index (χ3v) is 5.36. The molecule has 0 aromatic heterocycles. The molecule has 4 heteroatoms. The second-order valence-corrected chi connectivity index (χ2v) is 7.38. The van der Waals surface area contributed by atoms with Crippen molar-refractivity contribution in [3.05, 3.63) is 71.8 Å². The van der Waals surface area contributed by atoms with E-state index in [1.165, 1.54) is 11.1 Å². The highest BCUT2D eigenvalue weighted by Gasteiger charge is 2.40. The van der Waals surface area contributed by atoms with Crippen LogP contribution in [-0.2, 0) is 9.59 Å². The van der Waals surface area contributed by atoms with E-state index >= 15 is 0 Å². The third kappa shape index (κ3) is 4.05. The summed E-state index contributed by atoms with van der Waals surface area (Å²) in [5.74, 6) is 0.0915. The van der Waals surface area contributed by atoms with Crippen molar-refractivity contribution in [2.45, 2.75) is 45.2 Å². The smallest absolute Gasteiger partial charge is 0.242 e. The van der Waals surface area contributed by atoms with Crippen molar-refractivity contribution in [3.63, 3.8) is 0 Å². The summed E-state index contributed by atoms with van der Waals surface area (Å²) < 4.78 is 0. The summed E-state index contributed by atoms with van der Waals surface area (Å²) in [4.78, 5) is 29.1. The molecule has 1 aliphatic rings. The van der Waals surface area contributed by atoms with Crippen LogP contribution >= 0.6 is 0 Å². The molecule has 1 fully saturated rings. The second kappa shape index (κ2) is 8.38. The van der Waals surface area contributed by atoms with Crippen molar-refractivity contribution in [1.82, 2.24) is 9.80 Å². The molecule has 3 rings (SSSR count). The molecule has 2 amide bonds. The number of hydrogen-bond acceptors (Lipinski definition) is 2. The summed E-state index contributed by atoms with van der Waals surface area (Å²) in [5, 5.41) is 0. The third-order valence-electron chi connectivity index (χ3n) is 5.36. The monoisotopic (exact) mass is 364 g/mol. The number of hydrogen-bond donors (Lipinski definition) is 0. The lowest BCUT2D eigenvalue weighted by Crippen LogP contribution is -2.61. The van der Waals surface area contributed by atoms with Crippen molar-refractivity contribution >= 4 is 11.8 Å². The van der Waals surface area contributed by atoms with Crippen molar-refractivity contribution in [3.8, 4) is 0 Å². The Morgan fingerprint density at radius 1 is 1.00 bits per heavy atom. The van der Waals surface area contributed by atoms with Crippen LogP contribution in [0, 0.1) is 0 Å². The molecule has 0 bridgehead atoms. The van der Waals surface area contributed by atoms with E-state index in [0.29, 0.717) is 13.0 Å². The van der Waals surface area contributed by atoms with Gasteiger partial charge in [0.25, 0.3) is 0 Å². The van der Waals surface area contributed by atoms with Gasteiger partial charge in [-0.05, 0) is 25.0 Å². The predicted octanol–water partition coefficient (Wildman–Crippen LogP) is 3.68. The fourth-order valence-corrected chi connectivity index (χ4v) is 3.97. The topological polar surface area (TPSA) is 40.6 Å². The van der Waals surface area contributed by atoms with Gasteiger partial charge in [0, 0.05) is 24.9 Å². The van der Waals surface area contributed by atoms with Crippen LogP contribution in [-0.4, -0.2) is 46.8 Å². The molecule has 1 saturated heterocycles. The van der Waals surface area contributed by atoms with Gasteiger partial charge in [-0.3, -0.25) is 9.59 Å². The van der Waals surface area contributed by atoms with E-state index in [9.17, 15) is 9.59 Å². The summed E-state index contributed by atoms with van der Waals surface area (Å²) >= 11 is 0. The van der Waals surface area contributed by atoms with E-state index in [1.807, 2.05) is 62.1 Å². The number of rotatable bonds is 5. The predicted molar refractivity (Wildman–Crippen MR) is 107 cm³/mol. The number of carbonyl (C=O) groups excluding carboxylic acids is 2. The molecule has 1 atom stereocenters. The van der Waals surface area contributed by atoms with Gasteiger partial charge >= 0.3 is 0 Å². The van der Waals surface area contributed by atoms with E-state index in [0.717, 1.165) is 0 Å². The lowest BCUT2D eigenvalue weighted by Gasteiger charge is -2.46. The second-order valence-electron chi connectivity index (χ2n) is 7.38.